The number of pyridine rings is 2. The molecule has 7 heteroatoms. The summed E-state index contributed by atoms with van der Waals surface area (Å²) >= 11 is 0. The molecule has 3 aromatic heterocycles. The lowest BCUT2D eigenvalue weighted by Crippen LogP contribution is -2.22. The third kappa shape index (κ3) is 2.78. The maximum Gasteiger partial charge on any atom is 0.258 e. The van der Waals surface area contributed by atoms with Crippen molar-refractivity contribution in [2.75, 3.05) is 18.0 Å². The zero-order valence-corrected chi connectivity index (χ0v) is 12.3. The first-order chi connectivity index (χ1) is 11.3. The molecule has 3 aromatic rings. The SMILES string of the molecule is OC1CCN(c2cc(-c3nc(-c4ccncc4)no3)ccn2)C1. The summed E-state index contributed by atoms with van der Waals surface area (Å²) in [5.41, 5.74) is 1.66. The predicted octanol–water partition coefficient (Wildman–Crippen LogP) is 1.76. The number of anilines is 1. The molecule has 1 N–H and O–H groups in total. The van der Waals surface area contributed by atoms with E-state index >= 15 is 0 Å². The quantitative estimate of drug-likeness (QED) is 0.788. The minimum Gasteiger partial charge on any atom is -0.391 e. The summed E-state index contributed by atoms with van der Waals surface area (Å²) in [5.74, 6) is 1.78. The second-order valence-corrected chi connectivity index (χ2v) is 5.45. The number of β-amino-alcohol motifs (C(OH)–C–C–N with tert-alkyl or cyclic N) is 1. The van der Waals surface area contributed by atoms with Gasteiger partial charge < -0.3 is 14.5 Å². The Balaban J connectivity index is 1.62. The highest BCUT2D eigenvalue weighted by atomic mass is 16.5. The van der Waals surface area contributed by atoms with Crippen molar-refractivity contribution < 1.29 is 9.63 Å². The summed E-state index contributed by atoms with van der Waals surface area (Å²) in [5, 5.41) is 13.7. The lowest BCUT2D eigenvalue weighted by Gasteiger charge is -2.16. The summed E-state index contributed by atoms with van der Waals surface area (Å²) in [6.07, 6.45) is 5.57. The van der Waals surface area contributed by atoms with E-state index in [4.69, 9.17) is 4.52 Å². The molecule has 1 fully saturated rings. The standard InChI is InChI=1S/C16H15N5O2/c22-13-4-8-21(10-13)14-9-12(3-7-18-14)16-19-15(20-23-16)11-1-5-17-6-2-11/h1-3,5-7,9,13,22H,4,8,10H2. The second-order valence-electron chi connectivity index (χ2n) is 5.45. The van der Waals surface area contributed by atoms with Crippen LogP contribution >= 0.6 is 0 Å². The maximum absolute atomic E-state index is 9.66. The van der Waals surface area contributed by atoms with Crippen LogP contribution in [0, 0.1) is 0 Å². The van der Waals surface area contributed by atoms with E-state index in [0.717, 1.165) is 29.9 Å². The molecule has 0 amide bonds. The van der Waals surface area contributed by atoms with Crippen LogP contribution in [0.5, 0.6) is 0 Å². The van der Waals surface area contributed by atoms with Crippen LogP contribution in [-0.2, 0) is 0 Å². The van der Waals surface area contributed by atoms with Crippen LogP contribution in [0.25, 0.3) is 22.8 Å². The molecule has 1 saturated heterocycles. The average molecular weight is 309 g/mol. The third-order valence-corrected chi connectivity index (χ3v) is 3.84. The normalized spacial score (nSPS) is 17.6. The molecule has 1 aliphatic heterocycles. The first-order valence-corrected chi connectivity index (χ1v) is 7.43. The van der Waals surface area contributed by atoms with E-state index in [0.29, 0.717) is 18.3 Å². The summed E-state index contributed by atoms with van der Waals surface area (Å²) in [7, 11) is 0. The zero-order valence-electron chi connectivity index (χ0n) is 12.3. The molecule has 0 aliphatic carbocycles. The predicted molar refractivity (Wildman–Crippen MR) is 83.6 cm³/mol. The average Bonchev–Trinajstić information content (AvgIpc) is 3.25. The highest BCUT2D eigenvalue weighted by Crippen LogP contribution is 2.25. The topological polar surface area (TPSA) is 88.2 Å². The largest absolute Gasteiger partial charge is 0.391 e. The van der Waals surface area contributed by atoms with Gasteiger partial charge in [-0.3, -0.25) is 4.98 Å². The van der Waals surface area contributed by atoms with Gasteiger partial charge in [-0.15, -0.1) is 0 Å². The van der Waals surface area contributed by atoms with Crippen LogP contribution in [0.15, 0.2) is 47.4 Å². The minimum atomic E-state index is -0.290. The van der Waals surface area contributed by atoms with Gasteiger partial charge in [0.25, 0.3) is 5.89 Å². The van der Waals surface area contributed by atoms with Crippen LogP contribution in [0.1, 0.15) is 6.42 Å². The Labute approximate surface area is 132 Å². The molecule has 0 spiro atoms. The fourth-order valence-electron chi connectivity index (χ4n) is 2.63. The van der Waals surface area contributed by atoms with Crippen molar-refractivity contribution in [1.82, 2.24) is 20.1 Å². The second kappa shape index (κ2) is 5.77. The minimum absolute atomic E-state index is 0.290. The highest BCUT2D eigenvalue weighted by molar-refractivity contribution is 5.62. The molecule has 1 unspecified atom stereocenters. The van der Waals surface area contributed by atoms with Gasteiger partial charge in [-0.05, 0) is 30.7 Å². The summed E-state index contributed by atoms with van der Waals surface area (Å²) in [6.45, 7) is 1.40. The van der Waals surface area contributed by atoms with Crippen LogP contribution < -0.4 is 4.90 Å². The van der Waals surface area contributed by atoms with Gasteiger partial charge in [0.2, 0.25) is 5.82 Å². The monoisotopic (exact) mass is 309 g/mol. The molecule has 4 heterocycles. The molecule has 0 saturated carbocycles. The zero-order chi connectivity index (χ0) is 15.6. The van der Waals surface area contributed by atoms with Gasteiger partial charge in [-0.2, -0.15) is 4.98 Å². The lowest BCUT2D eigenvalue weighted by atomic mass is 10.2. The third-order valence-electron chi connectivity index (χ3n) is 3.84. The van der Waals surface area contributed by atoms with Crippen molar-refractivity contribution >= 4 is 5.82 Å². The number of aliphatic hydroxyl groups is 1. The van der Waals surface area contributed by atoms with Crippen molar-refractivity contribution in [2.24, 2.45) is 0 Å². The summed E-state index contributed by atoms with van der Waals surface area (Å²) in [4.78, 5) is 14.8. The van der Waals surface area contributed by atoms with Gasteiger partial charge >= 0.3 is 0 Å². The molecule has 116 valence electrons. The number of aliphatic hydroxyl groups excluding tert-OH is 1. The summed E-state index contributed by atoms with van der Waals surface area (Å²) < 4.78 is 5.37. The Morgan fingerprint density at radius 2 is 1.96 bits per heavy atom. The molecule has 0 aromatic carbocycles. The lowest BCUT2D eigenvalue weighted by molar-refractivity contribution is 0.198. The molecular weight excluding hydrogens is 294 g/mol. The Hall–Kier alpha value is -2.80. The van der Waals surface area contributed by atoms with Gasteiger partial charge in [0.15, 0.2) is 0 Å². The van der Waals surface area contributed by atoms with Gasteiger partial charge in [0.1, 0.15) is 5.82 Å². The fraction of sp³-hybridized carbons (Fsp3) is 0.250. The van der Waals surface area contributed by atoms with Crippen molar-refractivity contribution in [3.8, 4) is 22.8 Å². The van der Waals surface area contributed by atoms with Gasteiger partial charge in [-0.1, -0.05) is 5.16 Å². The van der Waals surface area contributed by atoms with Crippen molar-refractivity contribution in [1.29, 1.82) is 0 Å². The van der Waals surface area contributed by atoms with Gasteiger partial charge in [0.05, 0.1) is 6.10 Å². The smallest absolute Gasteiger partial charge is 0.258 e. The van der Waals surface area contributed by atoms with E-state index in [1.54, 1.807) is 18.6 Å². The van der Waals surface area contributed by atoms with Crippen LogP contribution in [0.2, 0.25) is 0 Å². The molecule has 1 atom stereocenters. The maximum atomic E-state index is 9.66. The molecule has 4 rings (SSSR count). The van der Waals surface area contributed by atoms with Gasteiger partial charge in [-0.25, -0.2) is 4.98 Å². The van der Waals surface area contributed by atoms with E-state index in [-0.39, 0.29) is 6.10 Å². The van der Waals surface area contributed by atoms with Gasteiger partial charge in [0, 0.05) is 42.8 Å². The van der Waals surface area contributed by atoms with E-state index in [1.807, 2.05) is 29.2 Å². The van der Waals surface area contributed by atoms with E-state index in [9.17, 15) is 5.11 Å². The van der Waals surface area contributed by atoms with Crippen molar-refractivity contribution in [3.63, 3.8) is 0 Å². The van der Waals surface area contributed by atoms with Crippen LogP contribution in [0.4, 0.5) is 5.82 Å². The first kappa shape index (κ1) is 13.8. The fourth-order valence-corrected chi connectivity index (χ4v) is 2.63. The van der Waals surface area contributed by atoms with E-state index in [1.165, 1.54) is 0 Å². The molecule has 0 bridgehead atoms. The number of hydrogen-bond donors (Lipinski definition) is 1. The number of rotatable bonds is 3. The van der Waals surface area contributed by atoms with Crippen molar-refractivity contribution in [3.05, 3.63) is 42.9 Å². The molecule has 23 heavy (non-hydrogen) atoms. The number of nitrogens with zero attached hydrogens (tertiary/aromatic N) is 5. The highest BCUT2D eigenvalue weighted by Gasteiger charge is 2.22. The Bertz CT molecular complexity index is 805. The Kier molecular flexibility index (Phi) is 3.47. The molecular formula is C16H15N5O2. The molecule has 7 nitrogen and oxygen atoms in total. The van der Waals surface area contributed by atoms with Crippen LogP contribution in [-0.4, -0.2) is 44.4 Å². The Morgan fingerprint density at radius 3 is 2.74 bits per heavy atom. The van der Waals surface area contributed by atoms with E-state index in [2.05, 4.69) is 20.1 Å². The van der Waals surface area contributed by atoms with Crippen molar-refractivity contribution in [2.45, 2.75) is 12.5 Å². The Morgan fingerprint density at radius 1 is 1.13 bits per heavy atom. The number of aromatic nitrogens is 4. The molecule has 1 aliphatic rings. The van der Waals surface area contributed by atoms with E-state index < -0.39 is 0 Å². The number of hydrogen-bond acceptors (Lipinski definition) is 7. The summed E-state index contributed by atoms with van der Waals surface area (Å²) in [6, 6.07) is 7.40. The molecule has 0 radical (unpaired) electrons. The first-order valence-electron chi connectivity index (χ1n) is 7.43. The van der Waals surface area contributed by atoms with Crippen LogP contribution in [0.3, 0.4) is 0 Å².